The highest BCUT2D eigenvalue weighted by molar-refractivity contribution is 7.80. The number of carbonyl (C=O) groups is 1. The number of nitrogens with two attached hydrogens (primary N) is 1. The van der Waals surface area contributed by atoms with Crippen LogP contribution in [0.1, 0.15) is 16.1 Å². The first-order valence-corrected chi connectivity index (χ1v) is 6.54. The number of aromatic nitrogens is 2. The van der Waals surface area contributed by atoms with Gasteiger partial charge in [-0.1, -0.05) is 6.07 Å². The molecule has 10 heteroatoms. The molecule has 2 rings (SSSR count). The topological polar surface area (TPSA) is 84.1 Å². The van der Waals surface area contributed by atoms with Gasteiger partial charge < -0.3 is 5.32 Å². The Balaban J connectivity index is 2.11. The van der Waals surface area contributed by atoms with E-state index in [9.17, 15) is 18.0 Å². The number of rotatable bonds is 2. The van der Waals surface area contributed by atoms with Gasteiger partial charge in [0.1, 0.15) is 11.5 Å². The summed E-state index contributed by atoms with van der Waals surface area (Å²) in [6, 6.07) is 6.19. The Labute approximate surface area is 134 Å². The fourth-order valence-corrected chi connectivity index (χ4v) is 1.74. The molecule has 0 aliphatic carbocycles. The smallest absolute Gasteiger partial charge is 0.316 e. The van der Waals surface area contributed by atoms with E-state index < -0.39 is 17.6 Å². The molecule has 0 fully saturated rings. The van der Waals surface area contributed by atoms with Crippen LogP contribution in [0.2, 0.25) is 0 Å². The maximum absolute atomic E-state index is 12.6. The van der Waals surface area contributed by atoms with Crippen molar-refractivity contribution in [2.75, 3.05) is 5.32 Å². The lowest BCUT2D eigenvalue weighted by Crippen LogP contribution is -2.45. The molecule has 2 aromatic heterocycles. The van der Waals surface area contributed by atoms with Gasteiger partial charge in [0.05, 0.1) is 5.56 Å². The van der Waals surface area contributed by atoms with Gasteiger partial charge in [-0.15, -0.1) is 0 Å². The SMILES string of the molecule is NN(C(=O)c1ccccn1)C(=S)Nc1cc(C(F)(F)F)ccn1. The Hall–Kier alpha value is -2.59. The number of hydrazine groups is 1. The van der Waals surface area contributed by atoms with Gasteiger partial charge in [0.2, 0.25) is 0 Å². The van der Waals surface area contributed by atoms with Gasteiger partial charge in [-0.05, 0) is 36.5 Å². The van der Waals surface area contributed by atoms with E-state index >= 15 is 0 Å². The van der Waals surface area contributed by atoms with Crippen molar-refractivity contribution in [3.8, 4) is 0 Å². The minimum atomic E-state index is -4.52. The van der Waals surface area contributed by atoms with Crippen LogP contribution in [-0.4, -0.2) is 26.0 Å². The minimum Gasteiger partial charge on any atom is -0.316 e. The summed E-state index contributed by atoms with van der Waals surface area (Å²) in [7, 11) is 0. The van der Waals surface area contributed by atoms with Crippen LogP contribution in [0, 0.1) is 0 Å². The molecule has 0 aliphatic rings. The molecule has 120 valence electrons. The van der Waals surface area contributed by atoms with Gasteiger partial charge in [0.15, 0.2) is 5.11 Å². The number of carbonyl (C=O) groups excluding carboxylic acids is 1. The standard InChI is InChI=1S/C13H10F3N5OS/c14-13(15,16)8-4-6-19-10(7-8)20-12(23)21(17)11(22)9-3-1-2-5-18-9/h1-7H,17H2,(H,19,20,23). The summed E-state index contributed by atoms with van der Waals surface area (Å²) in [4.78, 5) is 19.5. The molecule has 0 aliphatic heterocycles. The van der Waals surface area contributed by atoms with Crippen LogP contribution >= 0.6 is 12.2 Å². The molecule has 0 spiro atoms. The zero-order valence-corrected chi connectivity index (χ0v) is 12.2. The second-order valence-corrected chi connectivity index (χ2v) is 4.63. The highest BCUT2D eigenvalue weighted by Gasteiger charge is 2.31. The lowest BCUT2D eigenvalue weighted by molar-refractivity contribution is -0.137. The van der Waals surface area contributed by atoms with Gasteiger partial charge in [0, 0.05) is 12.4 Å². The molecule has 0 bridgehead atoms. The third-order valence-corrected chi connectivity index (χ3v) is 2.94. The highest BCUT2D eigenvalue weighted by Crippen LogP contribution is 2.29. The number of hydrogen-bond acceptors (Lipinski definition) is 5. The fourth-order valence-electron chi connectivity index (χ4n) is 1.55. The summed E-state index contributed by atoms with van der Waals surface area (Å²) >= 11 is 4.89. The van der Waals surface area contributed by atoms with Gasteiger partial charge >= 0.3 is 6.18 Å². The molecule has 0 unspecified atom stereocenters. The lowest BCUT2D eigenvalue weighted by Gasteiger charge is -2.18. The van der Waals surface area contributed by atoms with Crippen molar-refractivity contribution in [1.82, 2.24) is 15.0 Å². The Morgan fingerprint density at radius 3 is 2.57 bits per heavy atom. The Bertz CT molecular complexity index is 723. The molecule has 0 aromatic carbocycles. The van der Waals surface area contributed by atoms with E-state index in [-0.39, 0.29) is 16.6 Å². The van der Waals surface area contributed by atoms with Crippen LogP contribution in [0.25, 0.3) is 0 Å². The monoisotopic (exact) mass is 341 g/mol. The molecule has 0 atom stereocenters. The van der Waals surface area contributed by atoms with E-state index in [2.05, 4.69) is 15.3 Å². The van der Waals surface area contributed by atoms with E-state index in [0.717, 1.165) is 18.3 Å². The Kier molecular flexibility index (Phi) is 4.86. The van der Waals surface area contributed by atoms with Gasteiger partial charge in [0.25, 0.3) is 5.91 Å². The molecule has 23 heavy (non-hydrogen) atoms. The number of nitrogens with one attached hydrogen (secondary N) is 1. The van der Waals surface area contributed by atoms with Crippen LogP contribution in [0.15, 0.2) is 42.7 Å². The predicted octanol–water partition coefficient (Wildman–Crippen LogP) is 2.21. The number of amides is 1. The number of halogens is 3. The molecular weight excluding hydrogens is 331 g/mol. The summed E-state index contributed by atoms with van der Waals surface area (Å²) in [6.07, 6.45) is -2.16. The summed E-state index contributed by atoms with van der Waals surface area (Å²) in [5.74, 6) is 4.66. The van der Waals surface area contributed by atoms with E-state index in [1.165, 1.54) is 12.3 Å². The minimum absolute atomic E-state index is 0.0381. The molecule has 1 amide bonds. The maximum atomic E-state index is 12.6. The predicted molar refractivity (Wildman–Crippen MR) is 80.1 cm³/mol. The van der Waals surface area contributed by atoms with Crippen LogP contribution < -0.4 is 11.2 Å². The molecule has 2 heterocycles. The zero-order valence-electron chi connectivity index (χ0n) is 11.4. The number of thiocarbonyl (C=S) groups is 1. The van der Waals surface area contributed by atoms with Crippen molar-refractivity contribution in [3.05, 3.63) is 54.0 Å². The largest absolute Gasteiger partial charge is 0.416 e. The van der Waals surface area contributed by atoms with Crippen molar-refractivity contribution in [2.45, 2.75) is 6.18 Å². The Morgan fingerprint density at radius 1 is 1.22 bits per heavy atom. The summed E-state index contributed by atoms with van der Waals surface area (Å²) < 4.78 is 37.9. The summed E-state index contributed by atoms with van der Waals surface area (Å²) in [5, 5.41) is 2.63. The number of nitrogens with zero attached hydrogens (tertiary/aromatic N) is 3. The second-order valence-electron chi connectivity index (χ2n) is 4.25. The van der Waals surface area contributed by atoms with Crippen molar-refractivity contribution < 1.29 is 18.0 Å². The summed E-state index contributed by atoms with van der Waals surface area (Å²) in [6.45, 7) is 0. The van der Waals surface area contributed by atoms with Crippen LogP contribution in [0.4, 0.5) is 19.0 Å². The first kappa shape index (κ1) is 16.8. The average Bonchev–Trinajstić information content (AvgIpc) is 2.53. The number of pyridine rings is 2. The first-order valence-electron chi connectivity index (χ1n) is 6.13. The average molecular weight is 341 g/mol. The van der Waals surface area contributed by atoms with Crippen LogP contribution in [0.5, 0.6) is 0 Å². The van der Waals surface area contributed by atoms with Crippen LogP contribution in [-0.2, 0) is 6.18 Å². The fraction of sp³-hybridized carbons (Fsp3) is 0.0769. The maximum Gasteiger partial charge on any atom is 0.416 e. The van der Waals surface area contributed by atoms with E-state index in [1.807, 2.05) is 0 Å². The highest BCUT2D eigenvalue weighted by atomic mass is 32.1. The molecule has 6 nitrogen and oxygen atoms in total. The van der Waals surface area contributed by atoms with Crippen molar-refractivity contribution in [3.63, 3.8) is 0 Å². The zero-order chi connectivity index (χ0) is 17.0. The van der Waals surface area contributed by atoms with Gasteiger partial charge in [-0.3, -0.25) is 9.78 Å². The molecule has 0 saturated carbocycles. The first-order chi connectivity index (χ1) is 10.8. The summed E-state index contributed by atoms with van der Waals surface area (Å²) in [5.41, 5.74) is -0.867. The Morgan fingerprint density at radius 2 is 1.96 bits per heavy atom. The molecule has 0 radical (unpaired) electrons. The van der Waals surface area contributed by atoms with Crippen LogP contribution in [0.3, 0.4) is 0 Å². The quantitative estimate of drug-likeness (QED) is 0.377. The molecule has 2 aromatic rings. The molecule has 0 saturated heterocycles. The lowest BCUT2D eigenvalue weighted by atomic mass is 10.2. The normalized spacial score (nSPS) is 11.0. The van der Waals surface area contributed by atoms with E-state index in [1.54, 1.807) is 12.1 Å². The van der Waals surface area contributed by atoms with Crippen molar-refractivity contribution in [2.24, 2.45) is 5.84 Å². The third-order valence-electron chi connectivity index (χ3n) is 2.64. The third kappa shape index (κ3) is 4.20. The van der Waals surface area contributed by atoms with Crippen molar-refractivity contribution >= 4 is 29.1 Å². The number of anilines is 1. The number of alkyl halides is 3. The second kappa shape index (κ2) is 6.67. The van der Waals surface area contributed by atoms with E-state index in [4.69, 9.17) is 18.1 Å². The van der Waals surface area contributed by atoms with Gasteiger partial charge in [-0.25, -0.2) is 15.8 Å². The molecule has 3 N–H and O–H groups in total. The number of hydrogen-bond donors (Lipinski definition) is 2. The van der Waals surface area contributed by atoms with Crippen molar-refractivity contribution in [1.29, 1.82) is 0 Å². The van der Waals surface area contributed by atoms with E-state index in [0.29, 0.717) is 5.01 Å². The molecular formula is C13H10F3N5OS. The van der Waals surface area contributed by atoms with Gasteiger partial charge in [-0.2, -0.15) is 13.2 Å².